The lowest BCUT2D eigenvalue weighted by Crippen LogP contribution is -2.35. The summed E-state index contributed by atoms with van der Waals surface area (Å²) in [6.45, 7) is 0.569. The molecule has 1 amide bonds. The molecule has 140 valence electrons. The molecule has 2 aromatic rings. The molecule has 26 heavy (non-hydrogen) atoms. The van der Waals surface area contributed by atoms with Gasteiger partial charge in [0.1, 0.15) is 5.75 Å². The Labute approximate surface area is 164 Å². The van der Waals surface area contributed by atoms with Crippen molar-refractivity contribution < 1.29 is 9.53 Å². The Bertz CT molecular complexity index is 690. The summed E-state index contributed by atoms with van der Waals surface area (Å²) in [5.74, 6) is 2.10. The standard InChI is InChI=1S/C20H25ClN2O2S/c1-23(2)19(16-6-10-18(25-3)11-7-16)12-22-20(24)14-26-13-15-4-8-17(21)9-5-15/h4-11,19H,12-14H2,1-3H3,(H,22,24). The second kappa shape index (κ2) is 10.5. The number of hydrogen-bond donors (Lipinski definition) is 1. The summed E-state index contributed by atoms with van der Waals surface area (Å²) < 4.78 is 5.20. The molecule has 0 radical (unpaired) electrons. The van der Waals surface area contributed by atoms with Crippen molar-refractivity contribution in [2.75, 3.05) is 33.5 Å². The van der Waals surface area contributed by atoms with Crippen LogP contribution in [0.5, 0.6) is 5.75 Å². The first-order chi connectivity index (χ1) is 12.5. The number of thioether (sulfide) groups is 1. The van der Waals surface area contributed by atoms with E-state index in [9.17, 15) is 4.79 Å². The molecule has 2 rings (SSSR count). The van der Waals surface area contributed by atoms with E-state index in [4.69, 9.17) is 16.3 Å². The van der Waals surface area contributed by atoms with Crippen molar-refractivity contribution in [3.63, 3.8) is 0 Å². The minimum absolute atomic E-state index is 0.0457. The average Bonchev–Trinajstić information content (AvgIpc) is 2.64. The van der Waals surface area contributed by atoms with Gasteiger partial charge in [0.2, 0.25) is 5.91 Å². The molecule has 0 saturated carbocycles. The van der Waals surface area contributed by atoms with Crippen LogP contribution in [0.15, 0.2) is 48.5 Å². The zero-order valence-electron chi connectivity index (χ0n) is 15.4. The second-order valence-corrected chi connectivity index (χ2v) is 7.60. The number of ether oxygens (including phenoxy) is 1. The van der Waals surface area contributed by atoms with Gasteiger partial charge in [-0.15, -0.1) is 11.8 Å². The summed E-state index contributed by atoms with van der Waals surface area (Å²) in [7, 11) is 5.67. The number of likely N-dealkylation sites (N-methyl/N-ethyl adjacent to an activating group) is 1. The normalized spacial score (nSPS) is 12.0. The Morgan fingerprint density at radius 2 is 1.81 bits per heavy atom. The Morgan fingerprint density at radius 1 is 1.15 bits per heavy atom. The van der Waals surface area contributed by atoms with Gasteiger partial charge in [0.05, 0.1) is 18.9 Å². The van der Waals surface area contributed by atoms with E-state index in [-0.39, 0.29) is 11.9 Å². The molecule has 0 fully saturated rings. The molecule has 1 unspecified atom stereocenters. The topological polar surface area (TPSA) is 41.6 Å². The third-order valence-corrected chi connectivity index (χ3v) is 5.29. The quantitative estimate of drug-likeness (QED) is 0.700. The fraction of sp³-hybridized carbons (Fsp3) is 0.350. The van der Waals surface area contributed by atoms with Crippen molar-refractivity contribution in [3.05, 3.63) is 64.7 Å². The van der Waals surface area contributed by atoms with Crippen molar-refractivity contribution in [1.82, 2.24) is 10.2 Å². The van der Waals surface area contributed by atoms with Crippen LogP contribution in [-0.4, -0.2) is 44.3 Å². The number of carbonyl (C=O) groups excluding carboxylic acids is 1. The number of methoxy groups -OCH3 is 1. The summed E-state index contributed by atoms with van der Waals surface area (Å²) in [4.78, 5) is 14.3. The fourth-order valence-corrected chi connectivity index (χ4v) is 3.47. The number of rotatable bonds is 9. The van der Waals surface area contributed by atoms with Gasteiger partial charge in [0.15, 0.2) is 0 Å². The van der Waals surface area contributed by atoms with Crippen molar-refractivity contribution in [3.8, 4) is 5.75 Å². The number of nitrogens with one attached hydrogen (secondary N) is 1. The molecule has 0 bridgehead atoms. The maximum atomic E-state index is 12.2. The molecule has 6 heteroatoms. The van der Waals surface area contributed by atoms with E-state index in [0.717, 1.165) is 27.7 Å². The summed E-state index contributed by atoms with van der Waals surface area (Å²) in [5, 5.41) is 3.76. The van der Waals surface area contributed by atoms with E-state index in [1.165, 1.54) is 0 Å². The number of carbonyl (C=O) groups is 1. The maximum absolute atomic E-state index is 12.2. The van der Waals surface area contributed by atoms with Crippen LogP contribution in [0.25, 0.3) is 0 Å². The zero-order valence-corrected chi connectivity index (χ0v) is 16.9. The lowest BCUT2D eigenvalue weighted by Gasteiger charge is -2.25. The van der Waals surface area contributed by atoms with E-state index >= 15 is 0 Å². The Hall–Kier alpha value is -1.69. The van der Waals surface area contributed by atoms with E-state index in [2.05, 4.69) is 10.2 Å². The van der Waals surface area contributed by atoms with Gasteiger partial charge in [-0.25, -0.2) is 0 Å². The number of amides is 1. The van der Waals surface area contributed by atoms with E-state index in [1.54, 1.807) is 18.9 Å². The Morgan fingerprint density at radius 3 is 2.38 bits per heavy atom. The van der Waals surface area contributed by atoms with Crippen LogP contribution in [0.4, 0.5) is 0 Å². The third kappa shape index (κ3) is 6.56. The van der Waals surface area contributed by atoms with Crippen molar-refractivity contribution in [2.24, 2.45) is 0 Å². The van der Waals surface area contributed by atoms with Gasteiger partial charge in [-0.2, -0.15) is 0 Å². The number of nitrogens with zero attached hydrogens (tertiary/aromatic N) is 1. The van der Waals surface area contributed by atoms with Crippen LogP contribution in [-0.2, 0) is 10.5 Å². The van der Waals surface area contributed by atoms with E-state index in [1.807, 2.05) is 62.6 Å². The summed E-state index contributed by atoms with van der Waals surface area (Å²) in [6, 6.07) is 15.8. The van der Waals surface area contributed by atoms with Gasteiger partial charge in [0.25, 0.3) is 0 Å². The van der Waals surface area contributed by atoms with Crippen LogP contribution in [0.1, 0.15) is 17.2 Å². The highest BCUT2D eigenvalue weighted by atomic mass is 35.5. The first-order valence-electron chi connectivity index (χ1n) is 8.39. The number of benzene rings is 2. The summed E-state index contributed by atoms with van der Waals surface area (Å²) in [6.07, 6.45) is 0. The van der Waals surface area contributed by atoms with Crippen molar-refractivity contribution in [1.29, 1.82) is 0 Å². The molecule has 4 nitrogen and oxygen atoms in total. The van der Waals surface area contributed by atoms with Gasteiger partial charge in [-0.1, -0.05) is 35.9 Å². The smallest absolute Gasteiger partial charge is 0.230 e. The highest BCUT2D eigenvalue weighted by Gasteiger charge is 2.15. The van der Waals surface area contributed by atoms with E-state index < -0.39 is 0 Å². The molecule has 0 heterocycles. The molecule has 2 aromatic carbocycles. The zero-order chi connectivity index (χ0) is 18.9. The highest BCUT2D eigenvalue weighted by molar-refractivity contribution is 7.99. The van der Waals surface area contributed by atoms with Crippen molar-refractivity contribution in [2.45, 2.75) is 11.8 Å². The molecule has 0 spiro atoms. The molecule has 0 aromatic heterocycles. The van der Waals surface area contributed by atoms with Gasteiger partial charge < -0.3 is 15.0 Å². The molecular formula is C20H25ClN2O2S. The predicted octanol–water partition coefficient (Wildman–Crippen LogP) is 4.00. The highest BCUT2D eigenvalue weighted by Crippen LogP contribution is 2.21. The first-order valence-corrected chi connectivity index (χ1v) is 9.92. The number of halogens is 1. The van der Waals surface area contributed by atoms with Gasteiger partial charge >= 0.3 is 0 Å². The van der Waals surface area contributed by atoms with Gasteiger partial charge in [0, 0.05) is 17.3 Å². The van der Waals surface area contributed by atoms with Crippen LogP contribution in [0.3, 0.4) is 0 Å². The fourth-order valence-electron chi connectivity index (χ4n) is 2.53. The third-order valence-electron chi connectivity index (χ3n) is 4.03. The number of hydrogen-bond acceptors (Lipinski definition) is 4. The van der Waals surface area contributed by atoms with Gasteiger partial charge in [-0.3, -0.25) is 4.79 Å². The first kappa shape index (κ1) is 20.6. The average molecular weight is 393 g/mol. The predicted molar refractivity (Wildman–Crippen MR) is 110 cm³/mol. The molecule has 1 atom stereocenters. The minimum atomic E-state index is 0.0457. The molecule has 0 aliphatic carbocycles. The SMILES string of the molecule is COc1ccc(C(CNC(=O)CSCc2ccc(Cl)cc2)N(C)C)cc1. The summed E-state index contributed by atoms with van der Waals surface area (Å²) >= 11 is 7.47. The van der Waals surface area contributed by atoms with Crippen LogP contribution < -0.4 is 10.1 Å². The summed E-state index contributed by atoms with van der Waals surface area (Å²) in [5.41, 5.74) is 2.31. The minimum Gasteiger partial charge on any atom is -0.497 e. The van der Waals surface area contributed by atoms with Crippen LogP contribution in [0.2, 0.25) is 5.02 Å². The Kier molecular flexibility index (Phi) is 8.29. The van der Waals surface area contributed by atoms with Gasteiger partial charge in [-0.05, 0) is 49.5 Å². The lowest BCUT2D eigenvalue weighted by molar-refractivity contribution is -0.118. The monoisotopic (exact) mass is 392 g/mol. The molecule has 1 N–H and O–H groups in total. The molecular weight excluding hydrogens is 368 g/mol. The molecule has 0 saturated heterocycles. The van der Waals surface area contributed by atoms with Crippen LogP contribution in [0, 0.1) is 0 Å². The molecule has 0 aliphatic rings. The van der Waals surface area contributed by atoms with Crippen molar-refractivity contribution >= 4 is 29.3 Å². The molecule has 0 aliphatic heterocycles. The van der Waals surface area contributed by atoms with E-state index in [0.29, 0.717) is 12.3 Å². The Balaban J connectivity index is 1.80. The lowest BCUT2D eigenvalue weighted by atomic mass is 10.1. The van der Waals surface area contributed by atoms with Crippen LogP contribution >= 0.6 is 23.4 Å². The largest absolute Gasteiger partial charge is 0.497 e. The maximum Gasteiger partial charge on any atom is 0.230 e. The second-order valence-electron chi connectivity index (χ2n) is 6.18.